The Labute approximate surface area is 399 Å². The van der Waals surface area contributed by atoms with Gasteiger partial charge in [0.05, 0.1) is 0 Å². The van der Waals surface area contributed by atoms with Crippen LogP contribution < -0.4 is 0 Å². The van der Waals surface area contributed by atoms with Crippen LogP contribution in [0.25, 0.3) is 0 Å². The van der Waals surface area contributed by atoms with E-state index >= 15 is 0 Å². The summed E-state index contributed by atoms with van der Waals surface area (Å²) in [6.45, 7) is 9.07. The van der Waals surface area contributed by atoms with Gasteiger partial charge in [0.15, 0.2) is 6.10 Å². The van der Waals surface area contributed by atoms with Gasteiger partial charge in [-0.25, -0.2) is 0 Å². The molecule has 0 bridgehead atoms. The molecule has 0 amide bonds. The monoisotopic (exact) mass is 905 g/mol. The van der Waals surface area contributed by atoms with Crippen LogP contribution in [0.1, 0.15) is 329 Å². The maximum atomic E-state index is 12.8. The minimum absolute atomic E-state index is 0.0618. The number of hydrogen-bond acceptors (Lipinski definition) is 6. The van der Waals surface area contributed by atoms with E-state index in [4.69, 9.17) is 14.2 Å². The average Bonchev–Trinajstić information content (AvgIpc) is 3.28. The van der Waals surface area contributed by atoms with Gasteiger partial charge in [-0.2, -0.15) is 0 Å². The Hall–Kier alpha value is -1.59. The van der Waals surface area contributed by atoms with Crippen LogP contribution in [0.3, 0.4) is 0 Å². The van der Waals surface area contributed by atoms with E-state index < -0.39 is 6.10 Å². The molecule has 0 heterocycles. The van der Waals surface area contributed by atoms with Crippen molar-refractivity contribution in [2.75, 3.05) is 13.2 Å². The number of unbranched alkanes of at least 4 members (excludes halogenated alkanes) is 40. The van der Waals surface area contributed by atoms with Crippen LogP contribution in [0.15, 0.2) is 0 Å². The fourth-order valence-electron chi connectivity index (χ4n) is 8.92. The van der Waals surface area contributed by atoms with E-state index in [1.165, 1.54) is 225 Å². The quantitative estimate of drug-likeness (QED) is 0.0344. The van der Waals surface area contributed by atoms with E-state index in [-0.39, 0.29) is 31.1 Å². The second kappa shape index (κ2) is 52.4. The highest BCUT2D eigenvalue weighted by Crippen LogP contribution is 2.18. The van der Waals surface area contributed by atoms with Gasteiger partial charge in [-0.3, -0.25) is 14.4 Å². The highest BCUT2D eigenvalue weighted by atomic mass is 16.6. The summed E-state index contributed by atoms with van der Waals surface area (Å²) in [5.74, 6) is 0.0137. The van der Waals surface area contributed by atoms with E-state index in [1.807, 2.05) is 0 Å². The predicted molar refractivity (Wildman–Crippen MR) is 275 cm³/mol. The molecule has 0 saturated heterocycles. The maximum Gasteiger partial charge on any atom is 0.306 e. The molecule has 1 atom stereocenters. The zero-order chi connectivity index (χ0) is 46.7. The minimum atomic E-state index is -0.761. The molecule has 0 aromatic rings. The topological polar surface area (TPSA) is 78.9 Å². The fraction of sp³-hybridized carbons (Fsp3) is 0.948. The summed E-state index contributed by atoms with van der Waals surface area (Å²) in [6.07, 6.45) is 56.6. The molecule has 0 spiro atoms. The largest absolute Gasteiger partial charge is 0.462 e. The predicted octanol–water partition coefficient (Wildman–Crippen LogP) is 19.0. The molecule has 0 unspecified atom stereocenters. The van der Waals surface area contributed by atoms with E-state index in [9.17, 15) is 14.4 Å². The van der Waals surface area contributed by atoms with Crippen LogP contribution in [-0.2, 0) is 28.6 Å². The molecule has 64 heavy (non-hydrogen) atoms. The molecular formula is C58H112O6. The van der Waals surface area contributed by atoms with Crippen LogP contribution >= 0.6 is 0 Å². The van der Waals surface area contributed by atoms with Gasteiger partial charge in [-0.1, -0.05) is 291 Å². The Kier molecular flexibility index (Phi) is 51.1. The minimum Gasteiger partial charge on any atom is -0.462 e. The number of carbonyl (C=O) groups is 3. The molecule has 380 valence electrons. The second-order valence-corrected chi connectivity index (χ2v) is 20.4. The molecule has 6 heteroatoms. The molecule has 0 saturated carbocycles. The van der Waals surface area contributed by atoms with Crippen molar-refractivity contribution < 1.29 is 28.6 Å². The van der Waals surface area contributed by atoms with Gasteiger partial charge in [-0.05, 0) is 25.2 Å². The van der Waals surface area contributed by atoms with Crippen molar-refractivity contribution in [1.29, 1.82) is 0 Å². The molecule has 6 nitrogen and oxygen atoms in total. The summed E-state index contributed by atoms with van der Waals surface area (Å²) >= 11 is 0. The number of rotatable bonds is 53. The van der Waals surface area contributed by atoms with Gasteiger partial charge < -0.3 is 14.2 Å². The lowest BCUT2D eigenvalue weighted by Crippen LogP contribution is -2.30. The highest BCUT2D eigenvalue weighted by Gasteiger charge is 2.19. The lowest BCUT2D eigenvalue weighted by Gasteiger charge is -2.18. The Bertz CT molecular complexity index is 964. The Balaban J connectivity index is 4.26. The lowest BCUT2D eigenvalue weighted by atomic mass is 10.0. The summed E-state index contributed by atoms with van der Waals surface area (Å²) in [6, 6.07) is 0. The molecule has 0 N–H and O–H groups in total. The van der Waals surface area contributed by atoms with Crippen molar-refractivity contribution in [3.63, 3.8) is 0 Å². The number of ether oxygens (including phenoxy) is 3. The fourth-order valence-corrected chi connectivity index (χ4v) is 8.92. The first-order valence-electron chi connectivity index (χ1n) is 28.9. The Morgan fingerprint density at radius 3 is 0.766 bits per heavy atom. The lowest BCUT2D eigenvalue weighted by molar-refractivity contribution is -0.167. The van der Waals surface area contributed by atoms with Gasteiger partial charge in [0.2, 0.25) is 0 Å². The second-order valence-electron chi connectivity index (χ2n) is 20.4. The normalized spacial score (nSPS) is 12.0. The van der Waals surface area contributed by atoms with Gasteiger partial charge in [0.25, 0.3) is 0 Å². The highest BCUT2D eigenvalue weighted by molar-refractivity contribution is 5.71. The first kappa shape index (κ1) is 62.4. The van der Waals surface area contributed by atoms with Crippen molar-refractivity contribution in [2.45, 2.75) is 336 Å². The van der Waals surface area contributed by atoms with E-state index in [1.54, 1.807) is 0 Å². The van der Waals surface area contributed by atoms with Crippen LogP contribution in [0.4, 0.5) is 0 Å². The maximum absolute atomic E-state index is 12.8. The molecule has 0 fully saturated rings. The number of hydrogen-bond donors (Lipinski definition) is 0. The van der Waals surface area contributed by atoms with Crippen LogP contribution in [0.2, 0.25) is 0 Å². The Morgan fingerprint density at radius 1 is 0.297 bits per heavy atom. The summed E-state index contributed by atoms with van der Waals surface area (Å²) < 4.78 is 16.9. The Morgan fingerprint density at radius 2 is 0.516 bits per heavy atom. The molecule has 0 rings (SSSR count). The van der Waals surface area contributed by atoms with Crippen LogP contribution in [0, 0.1) is 5.92 Å². The van der Waals surface area contributed by atoms with Crippen molar-refractivity contribution in [3.05, 3.63) is 0 Å². The van der Waals surface area contributed by atoms with Gasteiger partial charge in [-0.15, -0.1) is 0 Å². The molecule has 0 aromatic carbocycles. The zero-order valence-corrected chi connectivity index (χ0v) is 43.8. The van der Waals surface area contributed by atoms with Crippen molar-refractivity contribution in [3.8, 4) is 0 Å². The molecule has 0 aliphatic heterocycles. The van der Waals surface area contributed by atoms with Gasteiger partial charge in [0, 0.05) is 19.3 Å². The third-order valence-corrected chi connectivity index (χ3v) is 13.3. The first-order valence-corrected chi connectivity index (χ1v) is 28.9. The average molecular weight is 906 g/mol. The molecule has 0 aliphatic rings. The molecule has 0 aliphatic carbocycles. The first-order chi connectivity index (χ1) is 31.4. The summed E-state index contributed by atoms with van der Waals surface area (Å²) in [5, 5.41) is 0. The number of carbonyl (C=O) groups excluding carboxylic acids is 3. The van der Waals surface area contributed by atoms with Gasteiger partial charge in [0.1, 0.15) is 13.2 Å². The molecule has 0 aromatic heterocycles. The van der Waals surface area contributed by atoms with Crippen molar-refractivity contribution in [1.82, 2.24) is 0 Å². The smallest absolute Gasteiger partial charge is 0.306 e. The molecular weight excluding hydrogens is 793 g/mol. The van der Waals surface area contributed by atoms with Crippen molar-refractivity contribution in [2.24, 2.45) is 5.92 Å². The molecule has 0 radical (unpaired) electrons. The van der Waals surface area contributed by atoms with Gasteiger partial charge >= 0.3 is 17.9 Å². The summed E-state index contributed by atoms with van der Waals surface area (Å²) in [5.41, 5.74) is 0. The van der Waals surface area contributed by atoms with E-state index in [2.05, 4.69) is 27.7 Å². The standard InChI is InChI=1S/C58H112O6/c1-5-7-9-11-13-15-17-19-20-23-26-30-33-37-41-45-49-56(59)62-52-55(64-58(61)51-47-43-39-35-29-18-16-14-12-10-8-6-2)53-63-57(60)50-46-42-38-34-31-27-24-21-22-25-28-32-36-40-44-48-54(3)4/h54-55H,5-53H2,1-4H3/t55-/m1/s1. The third-order valence-electron chi connectivity index (χ3n) is 13.3. The van der Waals surface area contributed by atoms with Crippen LogP contribution in [-0.4, -0.2) is 37.2 Å². The summed E-state index contributed by atoms with van der Waals surface area (Å²) in [7, 11) is 0. The SMILES string of the molecule is CCCCCCCCCCCCCCCCCCC(=O)OC[C@H](COC(=O)CCCCCCCCCCCCCCCCCC(C)C)OC(=O)CCCCCCCCCCCCCC. The van der Waals surface area contributed by atoms with Crippen molar-refractivity contribution >= 4 is 17.9 Å². The summed E-state index contributed by atoms with van der Waals surface area (Å²) in [4.78, 5) is 38.1. The zero-order valence-electron chi connectivity index (χ0n) is 43.8. The third kappa shape index (κ3) is 51.4. The van der Waals surface area contributed by atoms with E-state index in [0.717, 1.165) is 63.7 Å². The number of esters is 3. The van der Waals surface area contributed by atoms with E-state index in [0.29, 0.717) is 19.3 Å². The van der Waals surface area contributed by atoms with Crippen LogP contribution in [0.5, 0.6) is 0 Å².